The van der Waals surface area contributed by atoms with Gasteiger partial charge in [0.1, 0.15) is 17.1 Å². The average Bonchev–Trinajstić information content (AvgIpc) is 3.59. The number of carboxylic acids is 1. The van der Waals surface area contributed by atoms with Gasteiger partial charge in [0, 0.05) is 12.5 Å². The molecular formula is C25H25FN2O5S. The average molecular weight is 485 g/mol. The first-order chi connectivity index (χ1) is 16.3. The summed E-state index contributed by atoms with van der Waals surface area (Å²) in [5, 5.41) is 9.88. The van der Waals surface area contributed by atoms with Crippen LogP contribution >= 0.6 is 0 Å². The summed E-state index contributed by atoms with van der Waals surface area (Å²) in [6.07, 6.45) is 4.76. The SMILES string of the molecule is O=C(O)c1c(NS(=O)(=O)c2ccc(F)cc2/C=C2\CN3CCC2CC3)ccc2c1OC[C@@H]1C[C@H]21. The summed E-state index contributed by atoms with van der Waals surface area (Å²) >= 11 is 0. The second-order valence-electron chi connectivity index (χ2n) is 9.68. The highest BCUT2D eigenvalue weighted by atomic mass is 32.2. The van der Waals surface area contributed by atoms with E-state index in [1.54, 1.807) is 12.1 Å². The van der Waals surface area contributed by atoms with Crippen molar-refractivity contribution < 1.29 is 27.4 Å². The summed E-state index contributed by atoms with van der Waals surface area (Å²) in [4.78, 5) is 14.3. The molecule has 3 saturated heterocycles. The maximum Gasteiger partial charge on any atom is 0.341 e. The van der Waals surface area contributed by atoms with E-state index >= 15 is 0 Å². The van der Waals surface area contributed by atoms with Crippen molar-refractivity contribution in [3.05, 3.63) is 58.4 Å². The Morgan fingerprint density at radius 3 is 2.71 bits per heavy atom. The van der Waals surface area contributed by atoms with Gasteiger partial charge < -0.3 is 9.84 Å². The van der Waals surface area contributed by atoms with Gasteiger partial charge in [0.25, 0.3) is 10.0 Å². The Kier molecular flexibility index (Phi) is 4.97. The Morgan fingerprint density at radius 2 is 2.00 bits per heavy atom. The molecule has 4 heterocycles. The van der Waals surface area contributed by atoms with Gasteiger partial charge in [-0.3, -0.25) is 9.62 Å². The number of rotatable bonds is 5. The molecule has 2 bridgehead atoms. The molecule has 4 aliphatic heterocycles. The van der Waals surface area contributed by atoms with Crippen molar-refractivity contribution in [1.29, 1.82) is 0 Å². The number of ether oxygens (including phenoxy) is 1. The van der Waals surface area contributed by atoms with Crippen LogP contribution in [0.3, 0.4) is 0 Å². The van der Waals surface area contributed by atoms with E-state index in [0.29, 0.717) is 18.4 Å². The molecule has 34 heavy (non-hydrogen) atoms. The molecule has 178 valence electrons. The maximum absolute atomic E-state index is 14.2. The molecule has 0 amide bonds. The van der Waals surface area contributed by atoms with Crippen LogP contribution in [0.5, 0.6) is 5.75 Å². The number of aromatic carboxylic acids is 1. The summed E-state index contributed by atoms with van der Waals surface area (Å²) in [6.45, 7) is 3.24. The number of hydrogen-bond donors (Lipinski definition) is 2. The number of fused-ring (bicyclic) bond motifs is 6. The van der Waals surface area contributed by atoms with Crippen LogP contribution in [0.1, 0.15) is 46.7 Å². The molecule has 7 nitrogen and oxygen atoms in total. The predicted octanol–water partition coefficient (Wildman–Crippen LogP) is 3.93. The number of carbonyl (C=O) groups is 1. The Morgan fingerprint density at radius 1 is 1.21 bits per heavy atom. The third kappa shape index (κ3) is 3.67. The van der Waals surface area contributed by atoms with Crippen LogP contribution in [0.2, 0.25) is 0 Å². The summed E-state index contributed by atoms with van der Waals surface area (Å²) in [5.41, 5.74) is 1.93. The third-order valence-electron chi connectivity index (χ3n) is 7.53. The Balaban J connectivity index is 1.38. The van der Waals surface area contributed by atoms with E-state index in [1.165, 1.54) is 18.2 Å². The van der Waals surface area contributed by atoms with E-state index < -0.39 is 21.8 Å². The lowest BCUT2D eigenvalue weighted by Gasteiger charge is -2.41. The Bertz CT molecular complexity index is 1330. The van der Waals surface area contributed by atoms with Crippen LogP contribution in [0, 0.1) is 17.7 Å². The van der Waals surface area contributed by atoms with Gasteiger partial charge in [-0.2, -0.15) is 0 Å². The molecular weight excluding hydrogens is 459 g/mol. The van der Waals surface area contributed by atoms with Gasteiger partial charge in [-0.05, 0) is 79.6 Å². The van der Waals surface area contributed by atoms with Crippen molar-refractivity contribution in [1.82, 2.24) is 4.90 Å². The largest absolute Gasteiger partial charge is 0.492 e. The molecule has 0 aromatic heterocycles. The zero-order chi connectivity index (χ0) is 23.6. The van der Waals surface area contributed by atoms with E-state index in [0.717, 1.165) is 56.1 Å². The lowest BCUT2D eigenvalue weighted by molar-refractivity contribution is 0.0692. The van der Waals surface area contributed by atoms with E-state index in [4.69, 9.17) is 4.74 Å². The fourth-order valence-corrected chi connectivity index (χ4v) is 6.88. The van der Waals surface area contributed by atoms with Crippen LogP contribution in [-0.4, -0.2) is 50.6 Å². The lowest BCUT2D eigenvalue weighted by atomic mass is 9.83. The van der Waals surface area contributed by atoms with Gasteiger partial charge in [0.15, 0.2) is 0 Å². The summed E-state index contributed by atoms with van der Waals surface area (Å²) < 4.78 is 49.2. The topological polar surface area (TPSA) is 95.9 Å². The number of anilines is 1. The molecule has 0 radical (unpaired) electrons. The highest BCUT2D eigenvalue weighted by Gasteiger charge is 2.45. The zero-order valence-electron chi connectivity index (χ0n) is 18.5. The first kappa shape index (κ1) is 21.6. The van der Waals surface area contributed by atoms with Crippen LogP contribution in [0.15, 0.2) is 40.8 Å². The Labute approximate surface area is 197 Å². The molecule has 2 N–H and O–H groups in total. The number of nitrogens with zero attached hydrogens (tertiary/aromatic N) is 1. The molecule has 1 aliphatic carbocycles. The van der Waals surface area contributed by atoms with Gasteiger partial charge in [-0.25, -0.2) is 17.6 Å². The number of halogens is 1. The maximum atomic E-state index is 14.2. The molecule has 2 aromatic carbocycles. The normalized spacial score (nSPS) is 28.1. The van der Waals surface area contributed by atoms with Crippen molar-refractivity contribution in [3.63, 3.8) is 0 Å². The molecule has 0 spiro atoms. The van der Waals surface area contributed by atoms with Crippen LogP contribution in [0.25, 0.3) is 6.08 Å². The number of piperidine rings is 3. The van der Waals surface area contributed by atoms with Crippen LogP contribution < -0.4 is 9.46 Å². The molecule has 9 heteroatoms. The zero-order valence-corrected chi connectivity index (χ0v) is 19.3. The fraction of sp³-hybridized carbons (Fsp3) is 0.400. The first-order valence-electron chi connectivity index (χ1n) is 11.6. The van der Waals surface area contributed by atoms with Gasteiger partial charge in [0.2, 0.25) is 0 Å². The van der Waals surface area contributed by atoms with Crippen molar-refractivity contribution in [2.24, 2.45) is 11.8 Å². The highest BCUT2D eigenvalue weighted by Crippen LogP contribution is 2.55. The minimum Gasteiger partial charge on any atom is -0.492 e. The summed E-state index contributed by atoms with van der Waals surface area (Å²) in [7, 11) is -4.20. The molecule has 1 saturated carbocycles. The Hall–Kier alpha value is -2.91. The molecule has 7 rings (SSSR count). The smallest absolute Gasteiger partial charge is 0.341 e. The number of hydrogen-bond acceptors (Lipinski definition) is 5. The monoisotopic (exact) mass is 484 g/mol. The van der Waals surface area contributed by atoms with Gasteiger partial charge in [-0.15, -0.1) is 0 Å². The molecule has 2 atom stereocenters. The number of nitrogens with one attached hydrogen (secondary N) is 1. The summed E-state index contributed by atoms with van der Waals surface area (Å²) in [5.74, 6) is -0.510. The van der Waals surface area contributed by atoms with Crippen LogP contribution in [0.4, 0.5) is 10.1 Å². The fourth-order valence-electron chi connectivity index (χ4n) is 5.64. The first-order valence-corrected chi connectivity index (χ1v) is 13.1. The quantitative estimate of drug-likeness (QED) is 0.668. The molecule has 2 aromatic rings. The van der Waals surface area contributed by atoms with Crippen molar-refractivity contribution in [3.8, 4) is 5.75 Å². The minimum atomic E-state index is -4.20. The van der Waals surface area contributed by atoms with Crippen molar-refractivity contribution >= 4 is 27.8 Å². The molecule has 0 unspecified atom stereocenters. The van der Waals surface area contributed by atoms with E-state index in [-0.39, 0.29) is 33.4 Å². The van der Waals surface area contributed by atoms with Gasteiger partial charge >= 0.3 is 5.97 Å². The minimum absolute atomic E-state index is 0.0592. The molecule has 5 aliphatic rings. The van der Waals surface area contributed by atoms with Gasteiger partial charge in [-0.1, -0.05) is 17.7 Å². The second-order valence-corrected chi connectivity index (χ2v) is 11.3. The number of benzene rings is 2. The molecule has 4 fully saturated rings. The number of sulfonamides is 1. The van der Waals surface area contributed by atoms with Crippen molar-refractivity contribution in [2.45, 2.75) is 30.1 Å². The number of carboxylic acid groups (broad SMARTS) is 1. The van der Waals surface area contributed by atoms with E-state index in [1.807, 2.05) is 0 Å². The summed E-state index contributed by atoms with van der Waals surface area (Å²) in [6, 6.07) is 6.79. The highest BCUT2D eigenvalue weighted by molar-refractivity contribution is 7.92. The van der Waals surface area contributed by atoms with Crippen LogP contribution in [-0.2, 0) is 10.0 Å². The van der Waals surface area contributed by atoms with Crippen molar-refractivity contribution in [2.75, 3.05) is 31.0 Å². The second kappa shape index (κ2) is 7.81. The lowest BCUT2D eigenvalue weighted by Crippen LogP contribution is -2.42. The van der Waals surface area contributed by atoms with Gasteiger partial charge in [0.05, 0.1) is 17.2 Å². The van der Waals surface area contributed by atoms with E-state index in [2.05, 4.69) is 9.62 Å². The standard InChI is InChI=1S/C25H25FN2O5S/c26-18-1-4-22(15(10-18)9-16-12-28-7-5-14(16)6-8-28)34(31,32)27-21-3-2-19-20-11-17(20)13-33-24(19)23(21)25(29)30/h1-4,9-10,14,17,20,27H,5-8,11-13H2,(H,29,30)/b16-9+/t17-,20-/m0/s1. The third-order valence-corrected chi connectivity index (χ3v) is 8.97. The van der Waals surface area contributed by atoms with E-state index in [9.17, 15) is 22.7 Å². The predicted molar refractivity (Wildman–Crippen MR) is 124 cm³/mol.